The molecular weight excluding hydrogens is 348 g/mol. The fraction of sp³-hybridized carbons (Fsp3) is 0.188. The highest BCUT2D eigenvalue weighted by Crippen LogP contribution is 2.21. The third-order valence-corrected chi connectivity index (χ3v) is 4.59. The van der Waals surface area contributed by atoms with Crippen LogP contribution in [0.3, 0.4) is 0 Å². The van der Waals surface area contributed by atoms with Gasteiger partial charge in [0.1, 0.15) is 22.8 Å². The highest BCUT2D eigenvalue weighted by atomic mass is 32.1. The first kappa shape index (κ1) is 16.8. The smallest absolute Gasteiger partial charge is 0.351 e. The molecule has 0 saturated heterocycles. The normalized spacial score (nSPS) is 10.8. The molecule has 128 valence electrons. The van der Waals surface area contributed by atoms with Crippen molar-refractivity contribution in [1.29, 1.82) is 0 Å². The van der Waals surface area contributed by atoms with E-state index in [9.17, 15) is 19.7 Å². The van der Waals surface area contributed by atoms with Crippen molar-refractivity contribution in [2.75, 3.05) is 0 Å². The first-order valence-electron chi connectivity index (χ1n) is 7.17. The van der Waals surface area contributed by atoms with Crippen molar-refractivity contribution >= 4 is 34.0 Å². The molecule has 2 aromatic heterocycles. The molecule has 0 amide bonds. The van der Waals surface area contributed by atoms with Crippen molar-refractivity contribution in [2.45, 2.75) is 20.5 Å². The maximum Gasteiger partial charge on any atom is 0.351 e. The number of fused-ring (bicyclic) bond motifs is 1. The average molecular weight is 360 g/mol. The van der Waals surface area contributed by atoms with Gasteiger partial charge in [-0.1, -0.05) is 0 Å². The van der Waals surface area contributed by atoms with Crippen molar-refractivity contribution < 1.29 is 18.9 Å². The Kier molecular flexibility index (Phi) is 4.32. The summed E-state index contributed by atoms with van der Waals surface area (Å²) in [6, 6.07) is 4.99. The summed E-state index contributed by atoms with van der Waals surface area (Å²) in [7, 11) is 0. The Morgan fingerprint density at radius 3 is 2.76 bits per heavy atom. The third kappa shape index (κ3) is 3.41. The van der Waals surface area contributed by atoms with E-state index in [-0.39, 0.29) is 28.8 Å². The predicted molar refractivity (Wildman–Crippen MR) is 89.8 cm³/mol. The van der Waals surface area contributed by atoms with Gasteiger partial charge in [0.15, 0.2) is 0 Å². The van der Waals surface area contributed by atoms with Gasteiger partial charge >= 0.3 is 11.6 Å². The molecule has 9 heteroatoms. The molecule has 0 aliphatic heterocycles. The molecule has 3 aromatic rings. The molecule has 0 aliphatic carbocycles. The number of esters is 1. The zero-order chi connectivity index (χ0) is 18.1. The van der Waals surface area contributed by atoms with Crippen LogP contribution in [0.4, 0.5) is 5.69 Å². The second-order valence-corrected chi connectivity index (χ2v) is 6.54. The van der Waals surface area contributed by atoms with Gasteiger partial charge in [-0.05, 0) is 26.0 Å². The molecule has 0 N–H and O–H groups in total. The molecule has 0 spiro atoms. The minimum Gasteiger partial charge on any atom is -0.454 e. The lowest BCUT2D eigenvalue weighted by atomic mass is 10.1. The highest BCUT2D eigenvalue weighted by Gasteiger charge is 2.18. The number of ether oxygens (including phenoxy) is 1. The quantitative estimate of drug-likeness (QED) is 0.304. The lowest BCUT2D eigenvalue weighted by molar-refractivity contribution is -0.384. The summed E-state index contributed by atoms with van der Waals surface area (Å²) in [6.07, 6.45) is 0. The molecule has 1 aromatic carbocycles. The summed E-state index contributed by atoms with van der Waals surface area (Å²) in [4.78, 5) is 39.6. The van der Waals surface area contributed by atoms with E-state index in [0.717, 1.165) is 10.6 Å². The number of nitro groups is 1. The number of nitrogens with zero attached hydrogens (tertiary/aromatic N) is 2. The van der Waals surface area contributed by atoms with Crippen LogP contribution in [-0.2, 0) is 11.3 Å². The van der Waals surface area contributed by atoms with Crippen molar-refractivity contribution in [3.05, 3.63) is 65.9 Å². The first-order valence-corrected chi connectivity index (χ1v) is 7.99. The molecule has 0 radical (unpaired) electrons. The molecule has 0 atom stereocenters. The van der Waals surface area contributed by atoms with Gasteiger partial charge in [-0.3, -0.25) is 10.1 Å². The summed E-state index contributed by atoms with van der Waals surface area (Å²) in [5.41, 5.74) is -0.350. The van der Waals surface area contributed by atoms with Crippen LogP contribution < -0.4 is 5.63 Å². The van der Waals surface area contributed by atoms with E-state index < -0.39 is 16.5 Å². The molecule has 8 nitrogen and oxygen atoms in total. The average Bonchev–Trinajstić information content (AvgIpc) is 2.89. The first-order chi connectivity index (χ1) is 11.8. The van der Waals surface area contributed by atoms with Gasteiger partial charge in [-0.15, -0.1) is 11.3 Å². The van der Waals surface area contributed by atoms with Gasteiger partial charge in [0, 0.05) is 22.4 Å². The number of benzene rings is 1. The summed E-state index contributed by atoms with van der Waals surface area (Å²) in [5, 5.41) is 11.7. The van der Waals surface area contributed by atoms with Crippen molar-refractivity contribution in [3.63, 3.8) is 0 Å². The Morgan fingerprint density at radius 2 is 2.12 bits per heavy atom. The van der Waals surface area contributed by atoms with E-state index in [1.54, 1.807) is 0 Å². The van der Waals surface area contributed by atoms with Gasteiger partial charge in [-0.2, -0.15) is 0 Å². The SMILES string of the molecule is Cc1nc(COC(=O)c2cc3cc([N+](=O)[O-])ccc3oc2=O)sc1C. The standard InChI is InChI=1S/C16H12N2O6S/c1-8-9(2)25-14(17-8)7-23-15(19)12-6-10-5-11(18(21)22)3-4-13(10)24-16(12)20/h3-6H,7H2,1-2H3. The Hall–Kier alpha value is -3.07. The van der Waals surface area contributed by atoms with E-state index in [0.29, 0.717) is 5.01 Å². The summed E-state index contributed by atoms with van der Waals surface area (Å²) >= 11 is 1.40. The predicted octanol–water partition coefficient (Wildman–Crippen LogP) is 3.13. The van der Waals surface area contributed by atoms with Crippen LogP contribution in [0.1, 0.15) is 25.9 Å². The highest BCUT2D eigenvalue weighted by molar-refractivity contribution is 7.11. The molecule has 25 heavy (non-hydrogen) atoms. The lowest BCUT2D eigenvalue weighted by Crippen LogP contribution is -2.16. The molecule has 3 rings (SSSR count). The second-order valence-electron chi connectivity index (χ2n) is 5.25. The molecule has 0 bridgehead atoms. The van der Waals surface area contributed by atoms with E-state index in [1.807, 2.05) is 13.8 Å². The van der Waals surface area contributed by atoms with Crippen LogP contribution in [0.2, 0.25) is 0 Å². The maximum absolute atomic E-state index is 12.2. The molecule has 0 saturated carbocycles. The number of carbonyl (C=O) groups excluding carboxylic acids is 1. The Labute approximate surface area is 144 Å². The van der Waals surface area contributed by atoms with Crippen molar-refractivity contribution in [2.24, 2.45) is 0 Å². The minimum atomic E-state index is -0.868. The topological polar surface area (TPSA) is 113 Å². The van der Waals surface area contributed by atoms with E-state index in [4.69, 9.17) is 9.15 Å². The Bertz CT molecular complexity index is 1030. The molecule has 0 fully saturated rings. The van der Waals surface area contributed by atoms with Crippen molar-refractivity contribution in [1.82, 2.24) is 4.98 Å². The van der Waals surface area contributed by atoms with Crippen LogP contribution in [-0.4, -0.2) is 15.9 Å². The van der Waals surface area contributed by atoms with Crippen LogP contribution in [0.5, 0.6) is 0 Å². The number of rotatable bonds is 4. The fourth-order valence-corrected chi connectivity index (χ4v) is 3.02. The molecule has 2 heterocycles. The minimum absolute atomic E-state index is 0.0649. The number of hydrogen-bond acceptors (Lipinski definition) is 8. The number of thiazole rings is 1. The van der Waals surface area contributed by atoms with Gasteiger partial charge in [0.05, 0.1) is 10.6 Å². The van der Waals surface area contributed by atoms with Crippen LogP contribution in [0, 0.1) is 24.0 Å². The molecular formula is C16H12N2O6S. The third-order valence-electron chi connectivity index (χ3n) is 3.55. The van der Waals surface area contributed by atoms with Crippen LogP contribution in [0.25, 0.3) is 11.0 Å². The lowest BCUT2D eigenvalue weighted by Gasteiger charge is -2.03. The number of carbonyl (C=O) groups is 1. The summed E-state index contributed by atoms with van der Waals surface area (Å²) in [5.74, 6) is -0.868. The van der Waals surface area contributed by atoms with Crippen LogP contribution in [0.15, 0.2) is 33.5 Å². The summed E-state index contributed by atoms with van der Waals surface area (Å²) < 4.78 is 10.1. The van der Waals surface area contributed by atoms with Gasteiger partial charge in [-0.25, -0.2) is 14.6 Å². The zero-order valence-corrected chi connectivity index (χ0v) is 14.1. The fourth-order valence-electron chi connectivity index (χ4n) is 2.17. The monoisotopic (exact) mass is 360 g/mol. The zero-order valence-electron chi connectivity index (χ0n) is 13.3. The van der Waals surface area contributed by atoms with E-state index >= 15 is 0 Å². The molecule has 0 aliphatic rings. The number of nitro benzene ring substituents is 1. The summed E-state index contributed by atoms with van der Waals surface area (Å²) in [6.45, 7) is 3.69. The maximum atomic E-state index is 12.2. The number of aromatic nitrogens is 1. The van der Waals surface area contributed by atoms with Gasteiger partial charge in [0.25, 0.3) is 5.69 Å². The van der Waals surface area contributed by atoms with Crippen molar-refractivity contribution in [3.8, 4) is 0 Å². The number of aryl methyl sites for hydroxylation is 2. The largest absolute Gasteiger partial charge is 0.454 e. The second kappa shape index (κ2) is 6.44. The van der Waals surface area contributed by atoms with Crippen LogP contribution >= 0.6 is 11.3 Å². The number of non-ortho nitro benzene ring substituents is 1. The number of hydrogen-bond donors (Lipinski definition) is 0. The van der Waals surface area contributed by atoms with Gasteiger partial charge < -0.3 is 9.15 Å². The molecule has 0 unspecified atom stereocenters. The van der Waals surface area contributed by atoms with E-state index in [1.165, 1.54) is 35.6 Å². The Morgan fingerprint density at radius 1 is 1.36 bits per heavy atom. The Balaban J connectivity index is 1.88. The van der Waals surface area contributed by atoms with E-state index in [2.05, 4.69) is 4.98 Å². The van der Waals surface area contributed by atoms with Gasteiger partial charge in [0.2, 0.25) is 0 Å².